The van der Waals surface area contributed by atoms with Gasteiger partial charge in [-0.2, -0.15) is 13.2 Å². The Hall–Kier alpha value is -2.38. The summed E-state index contributed by atoms with van der Waals surface area (Å²) in [5.74, 6) is 0. The van der Waals surface area contributed by atoms with Gasteiger partial charge in [0.2, 0.25) is 0 Å². The van der Waals surface area contributed by atoms with Crippen LogP contribution in [0, 0.1) is 6.92 Å². The highest BCUT2D eigenvalue weighted by atomic mass is 32.1. The van der Waals surface area contributed by atoms with Crippen molar-refractivity contribution < 1.29 is 13.2 Å². The Morgan fingerprint density at radius 2 is 1.73 bits per heavy atom. The highest BCUT2D eigenvalue weighted by Crippen LogP contribution is 2.32. The van der Waals surface area contributed by atoms with Gasteiger partial charge in [-0.15, -0.1) is 11.3 Å². The van der Waals surface area contributed by atoms with E-state index in [0.29, 0.717) is 5.69 Å². The molecule has 1 fully saturated rings. The number of alkyl halides is 3. The molecular weight excluding hydrogens is 407 g/mol. The monoisotopic (exact) mass is 431 g/mol. The zero-order valence-corrected chi connectivity index (χ0v) is 17.6. The summed E-state index contributed by atoms with van der Waals surface area (Å²) < 4.78 is 38.9. The molecule has 3 nitrogen and oxygen atoms in total. The van der Waals surface area contributed by atoms with E-state index in [-0.39, 0.29) is 0 Å². The normalized spacial score (nSPS) is 15.5. The summed E-state index contributed by atoms with van der Waals surface area (Å²) >= 11 is 1.66. The van der Waals surface area contributed by atoms with Crippen molar-refractivity contribution in [2.45, 2.75) is 19.5 Å². The third-order valence-corrected chi connectivity index (χ3v) is 6.27. The van der Waals surface area contributed by atoms with E-state index >= 15 is 0 Å². The van der Waals surface area contributed by atoms with Crippen LogP contribution in [0.2, 0.25) is 0 Å². The van der Waals surface area contributed by atoms with E-state index in [9.17, 15) is 13.2 Å². The van der Waals surface area contributed by atoms with Crippen LogP contribution in [0.5, 0.6) is 0 Å². The SMILES string of the molecule is Cc1nc(-c2ccc(CCN3CCN(c4cccc(C(F)(F)F)c4)CC3)cc2)cs1. The summed E-state index contributed by atoms with van der Waals surface area (Å²) in [6.45, 7) is 6.15. The molecule has 0 saturated carbocycles. The van der Waals surface area contributed by atoms with Gasteiger partial charge in [-0.05, 0) is 37.1 Å². The molecule has 0 aliphatic carbocycles. The zero-order chi connectivity index (χ0) is 21.1. The molecule has 2 aromatic carbocycles. The number of nitrogens with zero attached hydrogens (tertiary/aromatic N) is 3. The third-order valence-electron chi connectivity index (χ3n) is 5.50. The number of hydrogen-bond acceptors (Lipinski definition) is 4. The first-order chi connectivity index (χ1) is 14.4. The second-order valence-electron chi connectivity index (χ2n) is 7.58. The van der Waals surface area contributed by atoms with Gasteiger partial charge in [0.15, 0.2) is 0 Å². The minimum atomic E-state index is -4.30. The first-order valence-electron chi connectivity index (χ1n) is 10.0. The summed E-state index contributed by atoms with van der Waals surface area (Å²) in [7, 11) is 0. The van der Waals surface area contributed by atoms with Gasteiger partial charge in [-0.3, -0.25) is 4.90 Å². The number of anilines is 1. The van der Waals surface area contributed by atoms with Crippen molar-refractivity contribution in [3.05, 3.63) is 70.0 Å². The van der Waals surface area contributed by atoms with Crippen molar-refractivity contribution >= 4 is 17.0 Å². The number of thiazole rings is 1. The molecule has 0 spiro atoms. The lowest BCUT2D eigenvalue weighted by Crippen LogP contribution is -2.47. The molecule has 7 heteroatoms. The van der Waals surface area contributed by atoms with Gasteiger partial charge in [0.1, 0.15) is 0 Å². The van der Waals surface area contributed by atoms with Crippen LogP contribution in [0.3, 0.4) is 0 Å². The Morgan fingerprint density at radius 3 is 2.37 bits per heavy atom. The minimum Gasteiger partial charge on any atom is -0.369 e. The third kappa shape index (κ3) is 5.02. The second kappa shape index (κ2) is 8.78. The molecule has 30 heavy (non-hydrogen) atoms. The Labute approximate surface area is 178 Å². The van der Waals surface area contributed by atoms with E-state index in [1.807, 2.05) is 11.8 Å². The number of rotatable bonds is 5. The van der Waals surface area contributed by atoms with Gasteiger partial charge in [-0.1, -0.05) is 30.3 Å². The minimum absolute atomic E-state index is 0.585. The topological polar surface area (TPSA) is 19.4 Å². The molecule has 1 aliphatic rings. The van der Waals surface area contributed by atoms with Crippen molar-refractivity contribution in [3.8, 4) is 11.3 Å². The van der Waals surface area contributed by atoms with Gasteiger partial charge in [-0.25, -0.2) is 4.98 Å². The molecule has 0 radical (unpaired) electrons. The van der Waals surface area contributed by atoms with Gasteiger partial charge < -0.3 is 4.90 Å². The zero-order valence-electron chi connectivity index (χ0n) is 16.8. The largest absolute Gasteiger partial charge is 0.416 e. The van der Waals surface area contributed by atoms with Crippen molar-refractivity contribution in [1.29, 1.82) is 0 Å². The number of halogens is 3. The summed E-state index contributed by atoms with van der Waals surface area (Å²) in [6.07, 6.45) is -3.34. The smallest absolute Gasteiger partial charge is 0.369 e. The Bertz CT molecular complexity index is 974. The lowest BCUT2D eigenvalue weighted by Gasteiger charge is -2.36. The maximum absolute atomic E-state index is 13.0. The van der Waals surface area contributed by atoms with Crippen LogP contribution in [-0.4, -0.2) is 42.6 Å². The van der Waals surface area contributed by atoms with Crippen LogP contribution < -0.4 is 4.90 Å². The van der Waals surface area contributed by atoms with Crippen molar-refractivity contribution in [1.82, 2.24) is 9.88 Å². The van der Waals surface area contributed by atoms with Crippen LogP contribution in [0.25, 0.3) is 11.3 Å². The van der Waals surface area contributed by atoms with E-state index < -0.39 is 11.7 Å². The first kappa shape index (κ1) is 20.9. The average molecular weight is 432 g/mol. The maximum Gasteiger partial charge on any atom is 0.416 e. The fourth-order valence-corrected chi connectivity index (χ4v) is 4.36. The molecule has 0 bridgehead atoms. The second-order valence-corrected chi connectivity index (χ2v) is 8.64. The van der Waals surface area contributed by atoms with Crippen LogP contribution in [0.1, 0.15) is 16.1 Å². The van der Waals surface area contributed by atoms with Crippen LogP contribution in [0.15, 0.2) is 53.9 Å². The summed E-state index contributed by atoms with van der Waals surface area (Å²) in [6, 6.07) is 14.2. The van der Waals surface area contributed by atoms with Crippen molar-refractivity contribution in [2.24, 2.45) is 0 Å². The lowest BCUT2D eigenvalue weighted by molar-refractivity contribution is -0.137. The van der Waals surface area contributed by atoms with Gasteiger partial charge in [0, 0.05) is 49.4 Å². The molecular formula is C23H24F3N3S. The first-order valence-corrected chi connectivity index (χ1v) is 10.9. The quantitative estimate of drug-likeness (QED) is 0.532. The molecule has 4 rings (SSSR count). The molecule has 1 aromatic heterocycles. The van der Waals surface area contributed by atoms with Crippen LogP contribution in [0.4, 0.5) is 18.9 Å². The fourth-order valence-electron chi connectivity index (χ4n) is 3.73. The summed E-state index contributed by atoms with van der Waals surface area (Å²) in [4.78, 5) is 8.94. The number of hydrogen-bond donors (Lipinski definition) is 0. The number of piperazine rings is 1. The average Bonchev–Trinajstić information content (AvgIpc) is 3.19. The summed E-state index contributed by atoms with van der Waals surface area (Å²) in [5, 5.41) is 3.15. The summed E-state index contributed by atoms with van der Waals surface area (Å²) in [5.41, 5.74) is 3.51. The maximum atomic E-state index is 13.0. The number of benzene rings is 2. The molecule has 1 aliphatic heterocycles. The Balaban J connectivity index is 1.28. The van der Waals surface area contributed by atoms with Gasteiger partial charge in [0.05, 0.1) is 16.3 Å². The van der Waals surface area contributed by atoms with Crippen molar-refractivity contribution in [3.63, 3.8) is 0 Å². The van der Waals surface area contributed by atoms with Crippen LogP contribution in [-0.2, 0) is 12.6 Å². The molecule has 0 atom stereocenters. The number of aryl methyl sites for hydroxylation is 1. The van der Waals surface area contributed by atoms with Crippen LogP contribution >= 0.6 is 11.3 Å². The molecule has 0 amide bonds. The Kier molecular flexibility index (Phi) is 6.11. The molecule has 2 heterocycles. The lowest BCUT2D eigenvalue weighted by atomic mass is 10.1. The Morgan fingerprint density at radius 1 is 1.00 bits per heavy atom. The van der Waals surface area contributed by atoms with E-state index in [1.54, 1.807) is 17.4 Å². The fraction of sp³-hybridized carbons (Fsp3) is 0.348. The predicted octanol–water partition coefficient (Wildman–Crippen LogP) is 5.50. The number of aromatic nitrogens is 1. The molecule has 0 unspecified atom stereocenters. The van der Waals surface area contributed by atoms with Crippen molar-refractivity contribution in [2.75, 3.05) is 37.6 Å². The van der Waals surface area contributed by atoms with E-state index in [0.717, 1.165) is 61.5 Å². The standard InChI is InChI=1S/C23H24F3N3S/c1-17-27-22(16-30-17)19-7-5-18(6-8-19)9-10-28-11-13-29(14-12-28)21-4-2-3-20(15-21)23(24,25)26/h2-8,15-16H,9-14H2,1H3. The molecule has 0 N–H and O–H groups in total. The highest BCUT2D eigenvalue weighted by molar-refractivity contribution is 7.09. The van der Waals surface area contributed by atoms with Gasteiger partial charge in [0.25, 0.3) is 0 Å². The van der Waals surface area contributed by atoms with E-state index in [1.165, 1.54) is 17.7 Å². The molecule has 3 aromatic rings. The van der Waals surface area contributed by atoms with E-state index in [4.69, 9.17) is 0 Å². The van der Waals surface area contributed by atoms with Gasteiger partial charge >= 0.3 is 6.18 Å². The predicted molar refractivity (Wildman–Crippen MR) is 116 cm³/mol. The van der Waals surface area contributed by atoms with E-state index in [2.05, 4.69) is 39.5 Å². The highest BCUT2D eigenvalue weighted by Gasteiger charge is 2.31. The molecule has 158 valence electrons. The molecule has 1 saturated heterocycles.